The normalized spacial score (nSPS) is 11.5. The Morgan fingerprint density at radius 1 is 0.298 bits per heavy atom. The molecule has 0 aliphatic rings. The third kappa shape index (κ3) is 5.83. The van der Waals surface area contributed by atoms with Crippen LogP contribution in [-0.2, 0) is 0 Å². The highest BCUT2D eigenvalue weighted by Gasteiger charge is 2.18. The maximum atomic E-state index is 6.34. The van der Waals surface area contributed by atoms with E-state index in [0.717, 1.165) is 99.8 Å². The minimum absolute atomic E-state index is 0.711. The number of benzene rings is 8. The molecule has 0 fully saturated rings. The van der Waals surface area contributed by atoms with Gasteiger partial charge < -0.3 is 4.42 Å². The number of aromatic nitrogens is 3. The summed E-state index contributed by atoms with van der Waals surface area (Å²) < 4.78 is 6.34. The molecule has 57 heavy (non-hydrogen) atoms. The van der Waals surface area contributed by atoms with Crippen LogP contribution in [0.3, 0.4) is 0 Å². The predicted octanol–water partition coefficient (Wildman–Crippen LogP) is 14.1. The van der Waals surface area contributed by atoms with E-state index in [1.165, 1.54) is 5.39 Å². The molecule has 4 heteroatoms. The van der Waals surface area contributed by atoms with Crippen molar-refractivity contribution in [2.45, 2.75) is 0 Å². The molecule has 0 aliphatic heterocycles. The number of furan rings is 1. The zero-order valence-electron chi connectivity index (χ0n) is 30.8. The molecule has 0 atom stereocenters. The molecule has 0 saturated carbocycles. The average Bonchev–Trinajstić information content (AvgIpc) is 3.68. The van der Waals surface area contributed by atoms with E-state index < -0.39 is 0 Å². The first-order chi connectivity index (χ1) is 28.2. The molecule has 3 heterocycles. The molecule has 4 nitrogen and oxygen atoms in total. The topological polar surface area (TPSA) is 51.8 Å². The lowest BCUT2D eigenvalue weighted by molar-refractivity contribution is 0.669. The summed E-state index contributed by atoms with van der Waals surface area (Å²) in [5.41, 5.74) is 14.2. The quantitative estimate of drug-likeness (QED) is 0.160. The van der Waals surface area contributed by atoms with E-state index in [-0.39, 0.29) is 0 Å². The van der Waals surface area contributed by atoms with Crippen LogP contribution in [0.5, 0.6) is 0 Å². The van der Waals surface area contributed by atoms with Crippen molar-refractivity contribution < 1.29 is 4.42 Å². The van der Waals surface area contributed by atoms with Gasteiger partial charge in [0.25, 0.3) is 0 Å². The summed E-state index contributed by atoms with van der Waals surface area (Å²) in [6.07, 6.45) is 0. The van der Waals surface area contributed by atoms with Gasteiger partial charge in [-0.1, -0.05) is 170 Å². The Hall–Kier alpha value is -7.69. The smallest absolute Gasteiger partial charge is 0.160 e. The first-order valence-corrected chi connectivity index (χ1v) is 19.2. The van der Waals surface area contributed by atoms with Gasteiger partial charge in [0.2, 0.25) is 0 Å². The van der Waals surface area contributed by atoms with E-state index in [9.17, 15) is 0 Å². The second-order valence-corrected chi connectivity index (χ2v) is 14.4. The molecular weight excluding hydrogens is 695 g/mol. The summed E-state index contributed by atoms with van der Waals surface area (Å²) in [6.45, 7) is 0. The van der Waals surface area contributed by atoms with Gasteiger partial charge in [-0.15, -0.1) is 0 Å². The summed E-state index contributed by atoms with van der Waals surface area (Å²) in [6, 6.07) is 69.7. The summed E-state index contributed by atoms with van der Waals surface area (Å²) in [5, 5.41) is 5.63. The first-order valence-electron chi connectivity index (χ1n) is 19.2. The van der Waals surface area contributed by atoms with Crippen LogP contribution in [0.25, 0.3) is 111 Å². The lowest BCUT2D eigenvalue weighted by Gasteiger charge is -2.13. The number of hydrogen-bond donors (Lipinski definition) is 0. The SMILES string of the molecule is c1ccc(-c2cc(-c3ccc(-c4ccc(-c5ccc6c(c5)nc(-c5ccccc5)c5ccc7oc8ccccc8c7c56)cc4)cc3)nc(-c3ccccc3)n2)cc1. The van der Waals surface area contributed by atoms with Gasteiger partial charge in [0.15, 0.2) is 5.82 Å². The fraction of sp³-hybridized carbons (Fsp3) is 0. The molecule has 0 amide bonds. The summed E-state index contributed by atoms with van der Waals surface area (Å²) in [5.74, 6) is 0.711. The van der Waals surface area contributed by atoms with Crippen molar-refractivity contribution in [3.8, 4) is 67.4 Å². The van der Waals surface area contributed by atoms with Crippen molar-refractivity contribution >= 4 is 43.6 Å². The average molecular weight is 728 g/mol. The third-order valence-corrected chi connectivity index (χ3v) is 10.9. The van der Waals surface area contributed by atoms with Gasteiger partial charge in [-0.25, -0.2) is 15.0 Å². The molecule has 3 aromatic heterocycles. The number of pyridine rings is 1. The van der Waals surface area contributed by atoms with Gasteiger partial charge in [-0.3, -0.25) is 0 Å². The minimum atomic E-state index is 0.711. The Labute approximate surface area is 329 Å². The highest BCUT2D eigenvalue weighted by molar-refractivity contribution is 6.28. The van der Waals surface area contributed by atoms with E-state index in [2.05, 4.69) is 146 Å². The van der Waals surface area contributed by atoms with Gasteiger partial charge in [0, 0.05) is 49.2 Å². The number of nitrogens with zero attached hydrogens (tertiary/aromatic N) is 3. The van der Waals surface area contributed by atoms with Crippen molar-refractivity contribution in [3.63, 3.8) is 0 Å². The second-order valence-electron chi connectivity index (χ2n) is 14.4. The standard InChI is InChI=1S/C53H33N3O/c1-4-12-37(13-5-1)45-33-46(56-53(55-45)40-16-8-3-9-17-40)38-26-24-35(25-27-38)34-20-22-36(23-21-34)41-28-29-42-47(32-41)54-52(39-14-6-2-7-15-39)44-30-31-49-51(50(42)44)43-18-10-11-19-48(43)57-49/h1-33H. The van der Waals surface area contributed by atoms with Crippen molar-refractivity contribution in [2.75, 3.05) is 0 Å². The minimum Gasteiger partial charge on any atom is -0.456 e. The molecule has 8 aromatic carbocycles. The van der Waals surface area contributed by atoms with E-state index in [0.29, 0.717) is 5.82 Å². The van der Waals surface area contributed by atoms with Crippen LogP contribution in [0.2, 0.25) is 0 Å². The molecule has 0 saturated heterocycles. The second kappa shape index (κ2) is 13.6. The Morgan fingerprint density at radius 2 is 0.807 bits per heavy atom. The molecular formula is C53H33N3O. The lowest BCUT2D eigenvalue weighted by Crippen LogP contribution is -1.95. The molecule has 0 bridgehead atoms. The zero-order valence-corrected chi connectivity index (χ0v) is 30.8. The van der Waals surface area contributed by atoms with Crippen molar-refractivity contribution in [2.24, 2.45) is 0 Å². The van der Waals surface area contributed by atoms with Crippen molar-refractivity contribution in [3.05, 3.63) is 200 Å². The van der Waals surface area contributed by atoms with E-state index in [4.69, 9.17) is 19.4 Å². The van der Waals surface area contributed by atoms with Gasteiger partial charge >= 0.3 is 0 Å². The summed E-state index contributed by atoms with van der Waals surface area (Å²) in [4.78, 5) is 15.3. The highest BCUT2D eigenvalue weighted by atomic mass is 16.3. The molecule has 266 valence electrons. The van der Waals surface area contributed by atoms with Gasteiger partial charge in [0.1, 0.15) is 11.2 Å². The van der Waals surface area contributed by atoms with Crippen LogP contribution in [0.4, 0.5) is 0 Å². The highest BCUT2D eigenvalue weighted by Crippen LogP contribution is 2.42. The summed E-state index contributed by atoms with van der Waals surface area (Å²) >= 11 is 0. The molecule has 0 unspecified atom stereocenters. The Bertz CT molecular complexity index is 3190. The van der Waals surface area contributed by atoms with Crippen molar-refractivity contribution in [1.29, 1.82) is 0 Å². The van der Waals surface area contributed by atoms with Crippen molar-refractivity contribution in [1.82, 2.24) is 15.0 Å². The number of rotatable bonds is 6. The monoisotopic (exact) mass is 727 g/mol. The summed E-state index contributed by atoms with van der Waals surface area (Å²) in [7, 11) is 0. The molecule has 0 radical (unpaired) electrons. The fourth-order valence-corrected chi connectivity index (χ4v) is 8.06. The lowest BCUT2D eigenvalue weighted by atomic mass is 9.94. The van der Waals surface area contributed by atoms with Crippen LogP contribution in [0.15, 0.2) is 205 Å². The maximum Gasteiger partial charge on any atom is 0.160 e. The van der Waals surface area contributed by atoms with Crippen LogP contribution < -0.4 is 0 Å². The van der Waals surface area contributed by atoms with Gasteiger partial charge in [0.05, 0.1) is 22.6 Å². The number of hydrogen-bond acceptors (Lipinski definition) is 4. The van der Waals surface area contributed by atoms with Crippen LogP contribution in [0.1, 0.15) is 0 Å². The van der Waals surface area contributed by atoms with E-state index in [1.807, 2.05) is 54.6 Å². The molecule has 0 N–H and O–H groups in total. The van der Waals surface area contributed by atoms with Gasteiger partial charge in [-0.2, -0.15) is 0 Å². The maximum absolute atomic E-state index is 6.34. The van der Waals surface area contributed by atoms with E-state index in [1.54, 1.807) is 0 Å². The molecule has 0 spiro atoms. The Kier molecular flexibility index (Phi) is 7.78. The van der Waals surface area contributed by atoms with Crippen LogP contribution >= 0.6 is 0 Å². The molecule has 11 rings (SSSR count). The Morgan fingerprint density at radius 3 is 1.47 bits per heavy atom. The first kappa shape index (κ1) is 32.7. The zero-order chi connectivity index (χ0) is 37.7. The molecule has 11 aromatic rings. The fourth-order valence-electron chi connectivity index (χ4n) is 8.06. The predicted molar refractivity (Wildman–Crippen MR) is 235 cm³/mol. The largest absolute Gasteiger partial charge is 0.456 e. The molecule has 0 aliphatic carbocycles. The number of para-hydroxylation sites is 1. The Balaban J connectivity index is 0.957. The third-order valence-electron chi connectivity index (χ3n) is 10.9. The van der Waals surface area contributed by atoms with Gasteiger partial charge in [-0.05, 0) is 52.6 Å². The van der Waals surface area contributed by atoms with E-state index >= 15 is 0 Å². The van der Waals surface area contributed by atoms with Crippen LogP contribution in [0, 0.1) is 0 Å². The number of fused-ring (bicyclic) bond motifs is 7. The van der Waals surface area contributed by atoms with Crippen LogP contribution in [-0.4, -0.2) is 15.0 Å².